The number of nitrogens with one attached hydrogen (secondary N) is 2. The van der Waals surface area contributed by atoms with E-state index >= 15 is 0 Å². The van der Waals surface area contributed by atoms with E-state index in [0.717, 1.165) is 50.3 Å². The highest BCUT2D eigenvalue weighted by molar-refractivity contribution is 6.05. The molecule has 1 aliphatic carbocycles. The molecule has 3 aromatic rings. The van der Waals surface area contributed by atoms with E-state index in [1.807, 2.05) is 30.3 Å². The van der Waals surface area contributed by atoms with Crippen LogP contribution >= 0.6 is 0 Å². The van der Waals surface area contributed by atoms with Gasteiger partial charge in [-0.25, -0.2) is 4.98 Å². The van der Waals surface area contributed by atoms with Crippen LogP contribution < -0.4 is 15.4 Å². The van der Waals surface area contributed by atoms with Gasteiger partial charge in [0, 0.05) is 37.3 Å². The highest BCUT2D eigenvalue weighted by Crippen LogP contribution is 2.33. The zero-order chi connectivity index (χ0) is 24.9. The maximum atomic E-state index is 13.0. The van der Waals surface area contributed by atoms with Gasteiger partial charge in [0.25, 0.3) is 5.91 Å². The molecule has 186 valence electrons. The van der Waals surface area contributed by atoms with Crippen LogP contribution in [0.25, 0.3) is 11.3 Å². The summed E-state index contributed by atoms with van der Waals surface area (Å²) in [4.78, 5) is 38.9. The first-order chi connectivity index (χ1) is 17.5. The standard InChI is InChI=1S/C27H30N6O3/c1-32-11-13-33(14-12-32)18-26(34)30-22-15-20(7-10-24(22)36-21-8-9-21)27(35)31-25-17-28-23(16-29-25)19-5-3-2-4-6-19/h2-7,10,15-17,21H,8-9,11-14,18H2,1H3,(H,30,34)(H,29,31,35). The second kappa shape index (κ2) is 10.8. The van der Waals surface area contributed by atoms with E-state index in [4.69, 9.17) is 4.74 Å². The van der Waals surface area contributed by atoms with E-state index in [9.17, 15) is 9.59 Å². The maximum absolute atomic E-state index is 13.0. The molecule has 1 saturated heterocycles. The van der Waals surface area contributed by atoms with Crippen LogP contribution in [0.4, 0.5) is 11.5 Å². The van der Waals surface area contributed by atoms with Crippen molar-refractivity contribution in [1.29, 1.82) is 0 Å². The number of anilines is 2. The monoisotopic (exact) mass is 486 g/mol. The summed E-state index contributed by atoms with van der Waals surface area (Å²) < 4.78 is 5.98. The van der Waals surface area contributed by atoms with Crippen molar-refractivity contribution in [2.75, 3.05) is 50.4 Å². The Labute approximate surface area is 210 Å². The van der Waals surface area contributed by atoms with Gasteiger partial charge in [-0.2, -0.15) is 0 Å². The van der Waals surface area contributed by atoms with Crippen molar-refractivity contribution in [2.24, 2.45) is 0 Å². The number of carbonyl (C=O) groups is 2. The van der Waals surface area contributed by atoms with E-state index in [2.05, 4.69) is 37.4 Å². The summed E-state index contributed by atoms with van der Waals surface area (Å²) in [7, 11) is 2.08. The first-order valence-corrected chi connectivity index (χ1v) is 12.2. The zero-order valence-electron chi connectivity index (χ0n) is 20.3. The minimum absolute atomic E-state index is 0.125. The number of carbonyl (C=O) groups excluding carboxylic acids is 2. The molecule has 1 aromatic heterocycles. The number of amides is 2. The molecule has 5 rings (SSSR count). The van der Waals surface area contributed by atoms with Gasteiger partial charge in [0.15, 0.2) is 5.82 Å². The van der Waals surface area contributed by atoms with E-state index in [1.165, 1.54) is 6.20 Å². The second-order valence-electron chi connectivity index (χ2n) is 9.26. The fourth-order valence-corrected chi connectivity index (χ4v) is 3.97. The smallest absolute Gasteiger partial charge is 0.256 e. The number of likely N-dealkylation sites (N-methyl/N-ethyl adjacent to an activating group) is 1. The van der Waals surface area contributed by atoms with Crippen molar-refractivity contribution >= 4 is 23.3 Å². The average molecular weight is 487 g/mol. The highest BCUT2D eigenvalue weighted by atomic mass is 16.5. The topological polar surface area (TPSA) is 99.7 Å². The Kier molecular flexibility index (Phi) is 7.20. The zero-order valence-corrected chi connectivity index (χ0v) is 20.3. The molecular weight excluding hydrogens is 456 g/mol. The van der Waals surface area contributed by atoms with Crippen molar-refractivity contribution in [1.82, 2.24) is 19.8 Å². The molecule has 0 spiro atoms. The number of aromatic nitrogens is 2. The summed E-state index contributed by atoms with van der Waals surface area (Å²) >= 11 is 0. The van der Waals surface area contributed by atoms with Gasteiger partial charge in [-0.05, 0) is 38.1 Å². The minimum atomic E-state index is -0.343. The van der Waals surface area contributed by atoms with E-state index in [-0.39, 0.29) is 17.9 Å². The van der Waals surface area contributed by atoms with Crippen LogP contribution in [0.3, 0.4) is 0 Å². The van der Waals surface area contributed by atoms with Gasteiger partial charge in [0.1, 0.15) is 5.75 Å². The second-order valence-corrected chi connectivity index (χ2v) is 9.26. The summed E-state index contributed by atoms with van der Waals surface area (Å²) in [6, 6.07) is 14.8. The third-order valence-electron chi connectivity index (χ3n) is 6.26. The summed E-state index contributed by atoms with van der Waals surface area (Å²) in [5.41, 5.74) is 2.56. The van der Waals surface area contributed by atoms with Gasteiger partial charge in [0.2, 0.25) is 5.91 Å². The van der Waals surface area contributed by atoms with Gasteiger partial charge in [-0.3, -0.25) is 19.5 Å². The lowest BCUT2D eigenvalue weighted by atomic mass is 10.1. The molecule has 0 unspecified atom stereocenters. The van der Waals surface area contributed by atoms with Crippen molar-refractivity contribution in [3.63, 3.8) is 0 Å². The van der Waals surface area contributed by atoms with Gasteiger partial charge >= 0.3 is 0 Å². The van der Waals surface area contributed by atoms with Gasteiger partial charge in [-0.1, -0.05) is 30.3 Å². The third-order valence-corrected chi connectivity index (χ3v) is 6.26. The summed E-state index contributed by atoms with van der Waals surface area (Å²) in [5.74, 6) is 0.454. The van der Waals surface area contributed by atoms with Crippen LogP contribution in [0.2, 0.25) is 0 Å². The van der Waals surface area contributed by atoms with Crippen LogP contribution in [-0.2, 0) is 4.79 Å². The SMILES string of the molecule is CN1CCN(CC(=O)Nc2cc(C(=O)Nc3cnc(-c4ccccc4)cn3)ccc2OC2CC2)CC1. The Balaban J connectivity index is 1.26. The van der Waals surface area contributed by atoms with E-state index in [1.54, 1.807) is 24.4 Å². The normalized spacial score (nSPS) is 16.4. The van der Waals surface area contributed by atoms with Crippen LogP contribution in [-0.4, -0.2) is 77.5 Å². The number of hydrogen-bond acceptors (Lipinski definition) is 7. The Hall–Kier alpha value is -3.82. The van der Waals surface area contributed by atoms with Gasteiger partial charge < -0.3 is 20.3 Å². The highest BCUT2D eigenvalue weighted by Gasteiger charge is 2.26. The number of piperazine rings is 1. The number of hydrogen-bond donors (Lipinski definition) is 2. The molecule has 2 aromatic carbocycles. The number of rotatable bonds is 8. The van der Waals surface area contributed by atoms with E-state index < -0.39 is 0 Å². The van der Waals surface area contributed by atoms with Crippen LogP contribution in [0, 0.1) is 0 Å². The predicted molar refractivity (Wildman–Crippen MR) is 138 cm³/mol. The molecule has 36 heavy (non-hydrogen) atoms. The molecule has 2 fully saturated rings. The fraction of sp³-hybridized carbons (Fsp3) is 0.333. The van der Waals surface area contributed by atoms with Crippen LogP contribution in [0.1, 0.15) is 23.2 Å². The number of nitrogens with zero attached hydrogens (tertiary/aromatic N) is 4. The van der Waals surface area contributed by atoms with Gasteiger partial charge in [0.05, 0.1) is 36.4 Å². The first kappa shape index (κ1) is 23.9. The predicted octanol–water partition coefficient (Wildman–Crippen LogP) is 3.12. The molecule has 1 aliphatic heterocycles. The first-order valence-electron chi connectivity index (χ1n) is 12.2. The van der Waals surface area contributed by atoms with Crippen molar-refractivity contribution in [2.45, 2.75) is 18.9 Å². The Morgan fingerprint density at radius 3 is 2.44 bits per heavy atom. The largest absolute Gasteiger partial charge is 0.488 e. The number of benzene rings is 2. The lowest BCUT2D eigenvalue weighted by Crippen LogP contribution is -2.47. The molecule has 2 heterocycles. The molecule has 2 N–H and O–H groups in total. The van der Waals surface area contributed by atoms with Crippen LogP contribution in [0.15, 0.2) is 60.9 Å². The van der Waals surface area contributed by atoms with Gasteiger partial charge in [-0.15, -0.1) is 0 Å². The van der Waals surface area contributed by atoms with Crippen molar-refractivity contribution < 1.29 is 14.3 Å². The molecule has 0 atom stereocenters. The molecular formula is C27H30N6O3. The Bertz CT molecular complexity index is 1210. The molecule has 1 saturated carbocycles. The Morgan fingerprint density at radius 2 is 1.75 bits per heavy atom. The van der Waals surface area contributed by atoms with E-state index in [0.29, 0.717) is 29.4 Å². The van der Waals surface area contributed by atoms with Crippen molar-refractivity contribution in [3.8, 4) is 17.0 Å². The minimum Gasteiger partial charge on any atom is -0.488 e. The molecule has 9 heteroatoms. The molecule has 2 aliphatic rings. The molecule has 9 nitrogen and oxygen atoms in total. The molecule has 0 bridgehead atoms. The van der Waals surface area contributed by atoms with Crippen LogP contribution in [0.5, 0.6) is 5.75 Å². The Morgan fingerprint density at radius 1 is 0.972 bits per heavy atom. The summed E-state index contributed by atoms with van der Waals surface area (Å²) in [5, 5.41) is 5.74. The summed E-state index contributed by atoms with van der Waals surface area (Å²) in [6.45, 7) is 3.88. The number of ether oxygens (including phenoxy) is 1. The lowest BCUT2D eigenvalue weighted by molar-refractivity contribution is -0.117. The quantitative estimate of drug-likeness (QED) is 0.505. The fourth-order valence-electron chi connectivity index (χ4n) is 3.97. The third kappa shape index (κ3) is 6.24. The van der Waals surface area contributed by atoms with Crippen molar-refractivity contribution in [3.05, 3.63) is 66.5 Å². The average Bonchev–Trinajstić information content (AvgIpc) is 3.71. The summed E-state index contributed by atoms with van der Waals surface area (Å²) in [6.07, 6.45) is 5.31. The maximum Gasteiger partial charge on any atom is 0.256 e. The molecule has 0 radical (unpaired) electrons. The lowest BCUT2D eigenvalue weighted by Gasteiger charge is -2.31. The molecule has 2 amide bonds.